The molecule has 0 spiro atoms. The molecule has 0 aliphatic carbocycles. The van der Waals surface area contributed by atoms with Crippen LogP contribution in [0.1, 0.15) is 21.6 Å². The maximum Gasteiger partial charge on any atom is 0.257 e. The van der Waals surface area contributed by atoms with Gasteiger partial charge in [0.1, 0.15) is 0 Å². The van der Waals surface area contributed by atoms with E-state index in [-0.39, 0.29) is 11.3 Å². The van der Waals surface area contributed by atoms with E-state index in [1.54, 1.807) is 30.3 Å². The van der Waals surface area contributed by atoms with E-state index in [0.29, 0.717) is 36.7 Å². The molecule has 0 unspecified atom stereocenters. The summed E-state index contributed by atoms with van der Waals surface area (Å²) in [6.45, 7) is 1.88. The Labute approximate surface area is 179 Å². The van der Waals surface area contributed by atoms with E-state index in [9.17, 15) is 9.59 Å². The SMILES string of the molecule is Cc1ccccc1C(=O)Nc1nnc(SCc2cc(=O)c3cccc(Cl)c3[nH]2)s1. The fourth-order valence-electron chi connectivity index (χ4n) is 2.82. The average Bonchev–Trinajstić information content (AvgIpc) is 3.15. The molecule has 2 N–H and O–H groups in total. The molecule has 0 atom stereocenters. The first-order valence-corrected chi connectivity index (χ1v) is 10.8. The van der Waals surface area contributed by atoms with Crippen molar-refractivity contribution in [3.8, 4) is 0 Å². The lowest BCUT2D eigenvalue weighted by molar-refractivity contribution is 0.102. The molecule has 2 aromatic carbocycles. The van der Waals surface area contributed by atoms with Gasteiger partial charge in [0.15, 0.2) is 9.77 Å². The maximum atomic E-state index is 12.4. The van der Waals surface area contributed by atoms with Gasteiger partial charge in [-0.05, 0) is 30.7 Å². The minimum atomic E-state index is -0.218. The van der Waals surface area contributed by atoms with E-state index in [4.69, 9.17) is 11.6 Å². The molecule has 9 heteroatoms. The number of pyridine rings is 1. The number of hydrogen-bond donors (Lipinski definition) is 2. The Hall–Kier alpha value is -2.68. The summed E-state index contributed by atoms with van der Waals surface area (Å²) in [6, 6.07) is 14.2. The number of halogens is 1. The van der Waals surface area contributed by atoms with Crippen LogP contribution in [0.5, 0.6) is 0 Å². The van der Waals surface area contributed by atoms with Crippen LogP contribution in [0.25, 0.3) is 10.9 Å². The van der Waals surface area contributed by atoms with Crippen molar-refractivity contribution < 1.29 is 4.79 Å². The largest absolute Gasteiger partial charge is 0.356 e. The Bertz CT molecular complexity index is 1270. The highest BCUT2D eigenvalue weighted by Crippen LogP contribution is 2.29. The van der Waals surface area contributed by atoms with Gasteiger partial charge in [0.25, 0.3) is 5.91 Å². The molecular formula is C20H15ClN4O2S2. The average molecular weight is 443 g/mol. The van der Waals surface area contributed by atoms with Gasteiger partial charge >= 0.3 is 0 Å². The molecule has 0 bridgehead atoms. The predicted octanol–water partition coefficient (Wildman–Crippen LogP) is 4.89. The van der Waals surface area contributed by atoms with Crippen molar-refractivity contribution in [1.82, 2.24) is 15.2 Å². The van der Waals surface area contributed by atoms with Gasteiger partial charge in [0.05, 0.1) is 10.5 Å². The van der Waals surface area contributed by atoms with Gasteiger partial charge < -0.3 is 4.98 Å². The number of amides is 1. The van der Waals surface area contributed by atoms with Crippen LogP contribution >= 0.6 is 34.7 Å². The van der Waals surface area contributed by atoms with Crippen molar-refractivity contribution in [3.63, 3.8) is 0 Å². The van der Waals surface area contributed by atoms with E-state index in [1.807, 2.05) is 25.1 Å². The number of aromatic amines is 1. The number of carbonyl (C=O) groups excluding carboxylic acids is 1. The van der Waals surface area contributed by atoms with E-state index < -0.39 is 0 Å². The maximum absolute atomic E-state index is 12.4. The van der Waals surface area contributed by atoms with Crippen LogP contribution in [-0.4, -0.2) is 21.1 Å². The highest BCUT2D eigenvalue weighted by atomic mass is 35.5. The smallest absolute Gasteiger partial charge is 0.257 e. The molecule has 4 rings (SSSR count). The monoisotopic (exact) mass is 442 g/mol. The number of nitrogens with zero attached hydrogens (tertiary/aromatic N) is 2. The van der Waals surface area contributed by atoms with Gasteiger partial charge in [-0.15, -0.1) is 10.2 Å². The standard InChI is InChI=1S/C20H15ClN4O2S2/c1-11-5-2-3-6-13(11)18(27)23-19-24-25-20(29-19)28-10-12-9-16(26)14-7-4-8-15(21)17(14)22-12/h2-9H,10H2,1H3,(H,22,26)(H,23,24,27). The summed E-state index contributed by atoms with van der Waals surface area (Å²) in [7, 11) is 0. The number of carbonyl (C=O) groups is 1. The lowest BCUT2D eigenvalue weighted by Gasteiger charge is -2.04. The summed E-state index contributed by atoms with van der Waals surface area (Å²) in [5.41, 5.74) is 2.77. The Morgan fingerprint density at radius 2 is 2.03 bits per heavy atom. The summed E-state index contributed by atoms with van der Waals surface area (Å²) in [5, 5.41) is 12.4. The molecule has 2 heterocycles. The van der Waals surface area contributed by atoms with Gasteiger partial charge in [-0.25, -0.2) is 0 Å². The second-order valence-electron chi connectivity index (χ2n) is 6.25. The highest BCUT2D eigenvalue weighted by molar-refractivity contribution is 8.00. The predicted molar refractivity (Wildman–Crippen MR) is 118 cm³/mol. The Morgan fingerprint density at radius 1 is 1.21 bits per heavy atom. The molecule has 0 aliphatic rings. The van der Waals surface area contributed by atoms with E-state index >= 15 is 0 Å². The van der Waals surface area contributed by atoms with Gasteiger partial charge in [-0.2, -0.15) is 0 Å². The normalized spacial score (nSPS) is 11.0. The van der Waals surface area contributed by atoms with E-state index in [2.05, 4.69) is 20.5 Å². The molecule has 4 aromatic rings. The van der Waals surface area contributed by atoms with Gasteiger partial charge in [-0.1, -0.05) is 59.0 Å². The number of hydrogen-bond acceptors (Lipinski definition) is 6. The Morgan fingerprint density at radius 3 is 2.86 bits per heavy atom. The van der Waals surface area contributed by atoms with Crippen molar-refractivity contribution in [2.75, 3.05) is 5.32 Å². The first-order valence-electron chi connectivity index (χ1n) is 8.65. The number of thioether (sulfide) groups is 1. The van der Waals surface area contributed by atoms with Crippen LogP contribution in [0, 0.1) is 6.92 Å². The van der Waals surface area contributed by atoms with Crippen LogP contribution in [0.3, 0.4) is 0 Å². The van der Waals surface area contributed by atoms with Crippen molar-refractivity contribution >= 4 is 56.6 Å². The molecule has 0 fully saturated rings. The number of benzene rings is 2. The molecule has 0 saturated heterocycles. The van der Waals surface area contributed by atoms with Crippen molar-refractivity contribution in [1.29, 1.82) is 0 Å². The Balaban J connectivity index is 1.45. The topological polar surface area (TPSA) is 87.7 Å². The van der Waals surface area contributed by atoms with Crippen LogP contribution in [0.4, 0.5) is 5.13 Å². The van der Waals surface area contributed by atoms with Gasteiger partial charge in [0.2, 0.25) is 5.13 Å². The summed E-state index contributed by atoms with van der Waals surface area (Å²) in [5.74, 6) is 0.279. The molecule has 146 valence electrons. The zero-order valence-corrected chi connectivity index (χ0v) is 17.6. The third-order valence-electron chi connectivity index (χ3n) is 4.24. The summed E-state index contributed by atoms with van der Waals surface area (Å²) in [4.78, 5) is 27.9. The number of aryl methyl sites for hydroxylation is 1. The molecule has 29 heavy (non-hydrogen) atoms. The van der Waals surface area contributed by atoms with E-state index in [1.165, 1.54) is 23.1 Å². The first kappa shape index (κ1) is 19.6. The summed E-state index contributed by atoms with van der Waals surface area (Å²) >= 11 is 8.90. The second kappa shape index (κ2) is 8.36. The summed E-state index contributed by atoms with van der Waals surface area (Å²) in [6.07, 6.45) is 0. The number of fused-ring (bicyclic) bond motifs is 1. The third-order valence-corrected chi connectivity index (χ3v) is 6.57. The lowest BCUT2D eigenvalue weighted by Crippen LogP contribution is -2.12. The molecule has 1 amide bonds. The third kappa shape index (κ3) is 4.34. The molecule has 0 saturated carbocycles. The van der Waals surface area contributed by atoms with Crippen molar-refractivity contribution in [2.24, 2.45) is 0 Å². The fraction of sp³-hybridized carbons (Fsp3) is 0.100. The molecule has 0 radical (unpaired) electrons. The Kier molecular flexibility index (Phi) is 5.66. The zero-order valence-electron chi connectivity index (χ0n) is 15.2. The van der Waals surface area contributed by atoms with Gasteiger partial charge in [-0.3, -0.25) is 14.9 Å². The number of para-hydroxylation sites is 1. The van der Waals surface area contributed by atoms with Gasteiger partial charge in [0, 0.05) is 28.5 Å². The first-order chi connectivity index (χ1) is 14.0. The number of aromatic nitrogens is 3. The van der Waals surface area contributed by atoms with Crippen LogP contribution in [0.2, 0.25) is 5.02 Å². The number of rotatable bonds is 5. The fourth-order valence-corrected chi connectivity index (χ4v) is 4.69. The second-order valence-corrected chi connectivity index (χ2v) is 8.86. The van der Waals surface area contributed by atoms with Crippen molar-refractivity contribution in [2.45, 2.75) is 17.0 Å². The highest BCUT2D eigenvalue weighted by Gasteiger charge is 2.13. The molecule has 2 aromatic heterocycles. The minimum Gasteiger partial charge on any atom is -0.356 e. The quantitative estimate of drug-likeness (QED) is 0.339. The summed E-state index contributed by atoms with van der Waals surface area (Å²) < 4.78 is 0.685. The van der Waals surface area contributed by atoms with Crippen molar-refractivity contribution in [3.05, 3.63) is 80.6 Å². The van der Waals surface area contributed by atoms with E-state index in [0.717, 1.165) is 11.3 Å². The molecule has 0 aliphatic heterocycles. The molecular weight excluding hydrogens is 428 g/mol. The van der Waals surface area contributed by atoms with Crippen LogP contribution in [-0.2, 0) is 5.75 Å². The van der Waals surface area contributed by atoms with Crippen LogP contribution in [0.15, 0.2) is 57.7 Å². The minimum absolute atomic E-state index is 0.0831. The number of nitrogens with one attached hydrogen (secondary N) is 2. The molecule has 6 nitrogen and oxygen atoms in total. The number of H-pyrrole nitrogens is 1. The lowest BCUT2D eigenvalue weighted by atomic mass is 10.1. The van der Waals surface area contributed by atoms with Crippen LogP contribution < -0.4 is 10.7 Å². The number of anilines is 1. The zero-order chi connectivity index (χ0) is 20.4.